The van der Waals surface area contributed by atoms with Crippen molar-refractivity contribution in [2.75, 3.05) is 13.1 Å². The van der Waals surface area contributed by atoms with Crippen molar-refractivity contribution in [2.45, 2.75) is 31.7 Å². The maximum Gasteiger partial charge on any atom is 0.308 e. The highest BCUT2D eigenvalue weighted by Crippen LogP contribution is 2.28. The minimum atomic E-state index is -3.74. The molecule has 1 aromatic heterocycles. The smallest absolute Gasteiger partial charge is 0.308 e. The number of rotatable bonds is 4. The summed E-state index contributed by atoms with van der Waals surface area (Å²) in [5.74, 6) is -1.01. The monoisotopic (exact) mass is 315 g/mol. The Morgan fingerprint density at radius 2 is 2.05 bits per heavy atom. The summed E-state index contributed by atoms with van der Waals surface area (Å²) in [4.78, 5) is 15.3. The number of sulfonamides is 1. The Kier molecular flexibility index (Phi) is 4.12. The first-order valence-corrected chi connectivity index (χ1v) is 8.34. The van der Waals surface area contributed by atoms with Gasteiger partial charge in [-0.15, -0.1) is 0 Å². The molecule has 0 bridgehead atoms. The molecule has 0 saturated carbocycles. The molecule has 0 unspecified atom stereocenters. The fourth-order valence-electron chi connectivity index (χ4n) is 2.69. The molecule has 1 fully saturated rings. The maximum absolute atomic E-state index is 12.6. The summed E-state index contributed by atoms with van der Waals surface area (Å²) in [5, 5.41) is 9.11. The highest BCUT2D eigenvalue weighted by Gasteiger charge is 2.41. The van der Waals surface area contributed by atoms with Gasteiger partial charge in [0.1, 0.15) is 5.82 Å². The first-order valence-electron chi connectivity index (χ1n) is 6.90. The van der Waals surface area contributed by atoms with E-state index < -0.39 is 21.9 Å². The van der Waals surface area contributed by atoms with E-state index in [0.717, 1.165) is 0 Å². The molecule has 0 aromatic carbocycles. The van der Waals surface area contributed by atoms with E-state index in [1.165, 1.54) is 10.5 Å². The molecule has 1 saturated heterocycles. The summed E-state index contributed by atoms with van der Waals surface area (Å²) in [6.07, 6.45) is 1.49. The largest absolute Gasteiger partial charge is 0.481 e. The van der Waals surface area contributed by atoms with E-state index in [0.29, 0.717) is 5.82 Å². The van der Waals surface area contributed by atoms with Gasteiger partial charge >= 0.3 is 5.97 Å². The molecule has 1 aliphatic rings. The number of imidazole rings is 1. The van der Waals surface area contributed by atoms with E-state index in [2.05, 4.69) is 4.98 Å². The predicted molar refractivity (Wildman–Crippen MR) is 76.3 cm³/mol. The molecule has 2 atom stereocenters. The van der Waals surface area contributed by atoms with Gasteiger partial charge in [0.15, 0.2) is 5.03 Å². The van der Waals surface area contributed by atoms with Crippen molar-refractivity contribution < 1.29 is 18.3 Å². The van der Waals surface area contributed by atoms with E-state index in [1.807, 2.05) is 13.8 Å². The van der Waals surface area contributed by atoms with Gasteiger partial charge in [0.25, 0.3) is 10.0 Å². The Morgan fingerprint density at radius 3 is 2.48 bits per heavy atom. The zero-order chi connectivity index (χ0) is 15.9. The highest BCUT2D eigenvalue weighted by molar-refractivity contribution is 7.89. The molecule has 0 aliphatic carbocycles. The second kappa shape index (κ2) is 5.42. The number of carboxylic acid groups (broad SMARTS) is 1. The second-order valence-corrected chi connectivity index (χ2v) is 7.83. The summed E-state index contributed by atoms with van der Waals surface area (Å²) in [6.45, 7) is 5.86. The topological polar surface area (TPSA) is 92.5 Å². The number of nitrogens with zero attached hydrogens (tertiary/aromatic N) is 3. The van der Waals surface area contributed by atoms with E-state index >= 15 is 0 Å². The standard InChI is InChI=1S/C13H21N3O4S/c1-8(2)12-14-11(7-15(12)4)21(19,20)16-5-9(3)10(6-16)13(17)18/h7-10H,5-6H2,1-4H3,(H,17,18)/t9-,10-/m1/s1. The maximum atomic E-state index is 12.6. The molecular weight excluding hydrogens is 294 g/mol. The third-order valence-corrected chi connectivity index (χ3v) is 5.61. The lowest BCUT2D eigenvalue weighted by molar-refractivity contribution is -0.142. The van der Waals surface area contributed by atoms with Crippen LogP contribution in [0.25, 0.3) is 0 Å². The quantitative estimate of drug-likeness (QED) is 0.890. The average Bonchev–Trinajstić information content (AvgIpc) is 2.93. The lowest BCUT2D eigenvalue weighted by Gasteiger charge is -2.13. The SMILES string of the molecule is CC(C)c1nc(S(=O)(=O)N2C[C@@H](C)[C@H](C(=O)O)C2)cn1C. The molecule has 7 nitrogen and oxygen atoms in total. The number of aromatic nitrogens is 2. The Labute approximate surface area is 124 Å². The molecule has 118 valence electrons. The average molecular weight is 315 g/mol. The number of aliphatic carboxylic acids is 1. The zero-order valence-electron chi connectivity index (χ0n) is 12.6. The second-order valence-electron chi connectivity index (χ2n) is 5.95. The predicted octanol–water partition coefficient (Wildman–Crippen LogP) is 0.885. The van der Waals surface area contributed by atoms with Crippen LogP contribution in [0.2, 0.25) is 0 Å². The van der Waals surface area contributed by atoms with Crippen molar-refractivity contribution in [1.29, 1.82) is 0 Å². The van der Waals surface area contributed by atoms with E-state index in [9.17, 15) is 13.2 Å². The first-order chi connectivity index (χ1) is 9.64. The summed E-state index contributed by atoms with van der Waals surface area (Å²) >= 11 is 0. The van der Waals surface area contributed by atoms with Gasteiger partial charge in [-0.1, -0.05) is 20.8 Å². The van der Waals surface area contributed by atoms with Crippen molar-refractivity contribution >= 4 is 16.0 Å². The molecule has 2 heterocycles. The highest BCUT2D eigenvalue weighted by atomic mass is 32.2. The minimum Gasteiger partial charge on any atom is -0.481 e. The van der Waals surface area contributed by atoms with Crippen LogP contribution in [-0.2, 0) is 21.9 Å². The van der Waals surface area contributed by atoms with Crippen LogP contribution in [-0.4, -0.2) is 46.4 Å². The fraction of sp³-hybridized carbons (Fsp3) is 0.692. The number of hydrogen-bond donors (Lipinski definition) is 1. The zero-order valence-corrected chi connectivity index (χ0v) is 13.5. The van der Waals surface area contributed by atoms with Gasteiger partial charge in [0.2, 0.25) is 0 Å². The molecule has 2 rings (SSSR count). The molecule has 1 N–H and O–H groups in total. The summed E-state index contributed by atoms with van der Waals surface area (Å²) < 4.78 is 28.1. The number of carbonyl (C=O) groups is 1. The molecule has 8 heteroatoms. The summed E-state index contributed by atoms with van der Waals surface area (Å²) in [7, 11) is -1.98. The Bertz CT molecular complexity index is 650. The van der Waals surface area contributed by atoms with Crippen molar-refractivity contribution in [3.63, 3.8) is 0 Å². The molecule has 0 amide bonds. The van der Waals surface area contributed by atoms with Crippen molar-refractivity contribution in [3.8, 4) is 0 Å². The van der Waals surface area contributed by atoms with Crippen molar-refractivity contribution in [3.05, 3.63) is 12.0 Å². The Balaban J connectivity index is 2.31. The first kappa shape index (κ1) is 16.0. The lowest BCUT2D eigenvalue weighted by atomic mass is 9.99. The van der Waals surface area contributed by atoms with Crippen LogP contribution in [0.1, 0.15) is 32.5 Å². The van der Waals surface area contributed by atoms with Crippen LogP contribution < -0.4 is 0 Å². The van der Waals surface area contributed by atoms with Gasteiger partial charge in [-0.05, 0) is 5.92 Å². The molecule has 1 aromatic rings. The van der Waals surface area contributed by atoms with E-state index in [4.69, 9.17) is 5.11 Å². The van der Waals surface area contributed by atoms with Gasteiger partial charge in [0, 0.05) is 32.3 Å². The molecule has 1 aliphatic heterocycles. The molecule has 0 spiro atoms. The van der Waals surface area contributed by atoms with Crippen LogP contribution in [0.15, 0.2) is 11.2 Å². The van der Waals surface area contributed by atoms with Gasteiger partial charge in [-0.25, -0.2) is 13.4 Å². The molecular formula is C13H21N3O4S. The van der Waals surface area contributed by atoms with Crippen molar-refractivity contribution in [2.24, 2.45) is 18.9 Å². The van der Waals surface area contributed by atoms with Gasteiger partial charge < -0.3 is 9.67 Å². The van der Waals surface area contributed by atoms with Crippen LogP contribution >= 0.6 is 0 Å². The molecule has 0 radical (unpaired) electrons. The fourth-order valence-corrected chi connectivity index (χ4v) is 4.24. The summed E-state index contributed by atoms with van der Waals surface area (Å²) in [6, 6.07) is 0. The van der Waals surface area contributed by atoms with Crippen LogP contribution in [0.3, 0.4) is 0 Å². The Morgan fingerprint density at radius 1 is 1.43 bits per heavy atom. The van der Waals surface area contributed by atoms with Crippen LogP contribution in [0.4, 0.5) is 0 Å². The number of aryl methyl sites for hydroxylation is 1. The minimum absolute atomic E-state index is 0.00637. The third kappa shape index (κ3) is 2.82. The molecule has 21 heavy (non-hydrogen) atoms. The summed E-state index contributed by atoms with van der Waals surface area (Å²) in [5.41, 5.74) is 0. The lowest BCUT2D eigenvalue weighted by Crippen LogP contribution is -2.30. The number of hydrogen-bond acceptors (Lipinski definition) is 4. The number of carboxylic acids is 1. The van der Waals surface area contributed by atoms with E-state index in [1.54, 1.807) is 18.5 Å². The Hall–Kier alpha value is -1.41. The van der Waals surface area contributed by atoms with Crippen LogP contribution in [0, 0.1) is 11.8 Å². The van der Waals surface area contributed by atoms with E-state index in [-0.39, 0.29) is 30.0 Å². The van der Waals surface area contributed by atoms with Gasteiger partial charge in [0.05, 0.1) is 5.92 Å². The third-order valence-electron chi connectivity index (χ3n) is 3.91. The normalized spacial score (nSPS) is 23.9. The van der Waals surface area contributed by atoms with Gasteiger partial charge in [-0.3, -0.25) is 4.79 Å². The van der Waals surface area contributed by atoms with Crippen molar-refractivity contribution in [1.82, 2.24) is 13.9 Å². The van der Waals surface area contributed by atoms with Gasteiger partial charge in [-0.2, -0.15) is 4.31 Å². The van der Waals surface area contributed by atoms with Crippen LogP contribution in [0.5, 0.6) is 0 Å².